The highest BCUT2D eigenvalue weighted by Crippen LogP contribution is 2.17. The maximum Gasteiger partial charge on any atom is 0.394 e. The van der Waals surface area contributed by atoms with Crippen molar-refractivity contribution in [3.8, 4) is 0 Å². The van der Waals surface area contributed by atoms with Crippen LogP contribution in [0.4, 0.5) is 0 Å². The number of amides is 1. The number of nitrogens with zero attached hydrogens (tertiary/aromatic N) is 1. The van der Waals surface area contributed by atoms with Gasteiger partial charge in [0.2, 0.25) is 0 Å². The number of hydrogen-bond acceptors (Lipinski definition) is 3. The van der Waals surface area contributed by atoms with Crippen molar-refractivity contribution < 1.29 is 24.6 Å². The van der Waals surface area contributed by atoms with Crippen molar-refractivity contribution in [1.29, 1.82) is 0 Å². The van der Waals surface area contributed by atoms with Gasteiger partial charge >= 0.3 is 17.8 Å². The average molecular weight is 201 g/mol. The molecule has 0 aromatic heterocycles. The van der Waals surface area contributed by atoms with E-state index >= 15 is 0 Å². The van der Waals surface area contributed by atoms with Crippen LogP contribution >= 0.6 is 0 Å². The van der Waals surface area contributed by atoms with E-state index < -0.39 is 23.9 Å². The summed E-state index contributed by atoms with van der Waals surface area (Å²) < 4.78 is 0. The third-order valence-corrected chi connectivity index (χ3v) is 2.23. The fourth-order valence-corrected chi connectivity index (χ4v) is 1.55. The van der Waals surface area contributed by atoms with Gasteiger partial charge in [-0.2, -0.15) is 0 Å². The summed E-state index contributed by atoms with van der Waals surface area (Å²) in [4.78, 5) is 33.1. The van der Waals surface area contributed by atoms with Gasteiger partial charge in [0.25, 0.3) is 0 Å². The molecule has 0 saturated carbocycles. The molecule has 6 heteroatoms. The minimum Gasteiger partial charge on any atom is -0.480 e. The van der Waals surface area contributed by atoms with Crippen molar-refractivity contribution in [3.63, 3.8) is 0 Å². The van der Waals surface area contributed by atoms with Gasteiger partial charge < -0.3 is 15.1 Å². The molecule has 0 aromatic carbocycles. The van der Waals surface area contributed by atoms with Gasteiger partial charge in [-0.25, -0.2) is 9.59 Å². The van der Waals surface area contributed by atoms with Gasteiger partial charge in [-0.1, -0.05) is 0 Å². The van der Waals surface area contributed by atoms with E-state index in [-0.39, 0.29) is 6.54 Å². The number of aliphatic carboxylic acids is 2. The second-order valence-electron chi connectivity index (χ2n) is 3.15. The zero-order valence-corrected chi connectivity index (χ0v) is 7.47. The molecule has 1 saturated heterocycles. The van der Waals surface area contributed by atoms with Gasteiger partial charge in [0.1, 0.15) is 6.04 Å². The molecule has 14 heavy (non-hydrogen) atoms. The Morgan fingerprint density at radius 3 is 2.29 bits per heavy atom. The lowest BCUT2D eigenvalue weighted by molar-refractivity contribution is -0.162. The number of carboxylic acid groups (broad SMARTS) is 2. The van der Waals surface area contributed by atoms with Crippen LogP contribution in [0.5, 0.6) is 0 Å². The highest BCUT2D eigenvalue weighted by molar-refractivity contribution is 6.31. The molecule has 78 valence electrons. The number of carboxylic acids is 2. The SMILES string of the molecule is O=C(O)C(=O)N1CCCCC1C(=O)O. The Hall–Kier alpha value is -1.59. The van der Waals surface area contributed by atoms with Crippen LogP contribution in [0.2, 0.25) is 0 Å². The molecule has 1 aliphatic rings. The highest BCUT2D eigenvalue weighted by atomic mass is 16.4. The van der Waals surface area contributed by atoms with Crippen LogP contribution in [0.3, 0.4) is 0 Å². The summed E-state index contributed by atoms with van der Waals surface area (Å²) in [5.74, 6) is -3.87. The van der Waals surface area contributed by atoms with Crippen LogP contribution in [-0.2, 0) is 14.4 Å². The van der Waals surface area contributed by atoms with E-state index in [4.69, 9.17) is 10.2 Å². The third-order valence-electron chi connectivity index (χ3n) is 2.23. The standard InChI is InChI=1S/C8H11NO5/c10-6(8(13)14)9-4-2-1-3-5(9)7(11)12/h5H,1-4H2,(H,11,12)(H,13,14). The van der Waals surface area contributed by atoms with E-state index in [1.165, 1.54) is 0 Å². The summed E-state index contributed by atoms with van der Waals surface area (Å²) in [7, 11) is 0. The average Bonchev–Trinajstić information content (AvgIpc) is 2.16. The van der Waals surface area contributed by atoms with Gasteiger partial charge in [-0.05, 0) is 19.3 Å². The summed E-state index contributed by atoms with van der Waals surface area (Å²) >= 11 is 0. The first-order chi connectivity index (χ1) is 6.54. The lowest BCUT2D eigenvalue weighted by Gasteiger charge is -2.31. The molecule has 1 heterocycles. The lowest BCUT2D eigenvalue weighted by atomic mass is 10.0. The maximum absolute atomic E-state index is 11.1. The van der Waals surface area contributed by atoms with E-state index in [1.807, 2.05) is 0 Å². The summed E-state index contributed by atoms with van der Waals surface area (Å²) in [6, 6.07) is -0.979. The fourth-order valence-electron chi connectivity index (χ4n) is 1.55. The van der Waals surface area contributed by atoms with Crippen molar-refractivity contribution in [2.45, 2.75) is 25.3 Å². The molecule has 0 aliphatic carbocycles. The zero-order valence-electron chi connectivity index (χ0n) is 7.47. The van der Waals surface area contributed by atoms with Crippen molar-refractivity contribution in [2.24, 2.45) is 0 Å². The molecule has 0 aromatic rings. The molecular weight excluding hydrogens is 190 g/mol. The molecule has 1 amide bonds. The van der Waals surface area contributed by atoms with Gasteiger partial charge in [-0.15, -0.1) is 0 Å². The highest BCUT2D eigenvalue weighted by Gasteiger charge is 2.34. The van der Waals surface area contributed by atoms with Crippen LogP contribution in [0, 0.1) is 0 Å². The van der Waals surface area contributed by atoms with E-state index in [9.17, 15) is 14.4 Å². The monoisotopic (exact) mass is 201 g/mol. The number of carbonyl (C=O) groups is 3. The van der Waals surface area contributed by atoms with Crippen LogP contribution in [0.15, 0.2) is 0 Å². The molecule has 1 atom stereocenters. The van der Waals surface area contributed by atoms with Gasteiger partial charge in [-0.3, -0.25) is 4.79 Å². The van der Waals surface area contributed by atoms with Crippen LogP contribution in [0.1, 0.15) is 19.3 Å². The Kier molecular flexibility index (Phi) is 3.06. The predicted molar refractivity (Wildman–Crippen MR) is 44.6 cm³/mol. The van der Waals surface area contributed by atoms with Crippen LogP contribution < -0.4 is 0 Å². The minimum atomic E-state index is -1.60. The van der Waals surface area contributed by atoms with Gasteiger partial charge in [0.15, 0.2) is 0 Å². The first kappa shape index (κ1) is 10.5. The smallest absolute Gasteiger partial charge is 0.394 e. The topological polar surface area (TPSA) is 94.9 Å². The first-order valence-corrected chi connectivity index (χ1v) is 4.30. The number of likely N-dealkylation sites (tertiary alicyclic amines) is 1. The summed E-state index contributed by atoms with van der Waals surface area (Å²) in [6.45, 7) is 0.210. The number of rotatable bonds is 1. The van der Waals surface area contributed by atoms with Crippen molar-refractivity contribution in [3.05, 3.63) is 0 Å². The van der Waals surface area contributed by atoms with E-state index in [0.717, 1.165) is 4.90 Å². The summed E-state index contributed by atoms with van der Waals surface area (Å²) in [6.07, 6.45) is 1.69. The largest absolute Gasteiger partial charge is 0.480 e. The second-order valence-corrected chi connectivity index (χ2v) is 3.15. The van der Waals surface area contributed by atoms with E-state index in [0.29, 0.717) is 19.3 Å². The minimum absolute atomic E-state index is 0.210. The molecule has 6 nitrogen and oxygen atoms in total. The molecule has 0 radical (unpaired) electrons. The normalized spacial score (nSPS) is 21.7. The first-order valence-electron chi connectivity index (χ1n) is 4.30. The number of carbonyl (C=O) groups excluding carboxylic acids is 1. The predicted octanol–water partition coefficient (Wildman–Crippen LogP) is -0.463. The summed E-state index contributed by atoms with van der Waals surface area (Å²) in [5.41, 5.74) is 0. The van der Waals surface area contributed by atoms with E-state index in [1.54, 1.807) is 0 Å². The fraction of sp³-hybridized carbons (Fsp3) is 0.625. The Morgan fingerprint density at radius 2 is 1.79 bits per heavy atom. The van der Waals surface area contributed by atoms with Crippen molar-refractivity contribution >= 4 is 17.8 Å². The van der Waals surface area contributed by atoms with Crippen molar-refractivity contribution in [1.82, 2.24) is 4.90 Å². The Balaban J connectivity index is 2.77. The molecule has 1 rings (SSSR count). The zero-order chi connectivity index (χ0) is 10.7. The maximum atomic E-state index is 11.1. The Labute approximate surface area is 80.1 Å². The molecule has 1 unspecified atom stereocenters. The molecule has 0 spiro atoms. The van der Waals surface area contributed by atoms with Crippen LogP contribution in [-0.4, -0.2) is 45.5 Å². The number of piperidine rings is 1. The Bertz CT molecular complexity index is 275. The molecule has 0 bridgehead atoms. The van der Waals surface area contributed by atoms with Gasteiger partial charge in [0, 0.05) is 6.54 Å². The van der Waals surface area contributed by atoms with E-state index in [2.05, 4.69) is 0 Å². The molecule has 1 fully saturated rings. The third kappa shape index (κ3) is 2.01. The molecule has 1 aliphatic heterocycles. The second kappa shape index (κ2) is 4.08. The van der Waals surface area contributed by atoms with Crippen LogP contribution in [0.25, 0.3) is 0 Å². The summed E-state index contributed by atoms with van der Waals surface area (Å²) in [5, 5.41) is 17.2. The lowest BCUT2D eigenvalue weighted by Crippen LogP contribution is -2.50. The molecular formula is C8H11NO5. The van der Waals surface area contributed by atoms with Gasteiger partial charge in [0.05, 0.1) is 0 Å². The Morgan fingerprint density at radius 1 is 1.14 bits per heavy atom. The van der Waals surface area contributed by atoms with Crippen molar-refractivity contribution in [2.75, 3.05) is 6.54 Å². The molecule has 2 N–H and O–H groups in total. The quantitative estimate of drug-likeness (QED) is 0.559. The number of hydrogen-bond donors (Lipinski definition) is 2.